The van der Waals surface area contributed by atoms with Gasteiger partial charge in [0.25, 0.3) is 5.91 Å². The summed E-state index contributed by atoms with van der Waals surface area (Å²) in [5.41, 5.74) is 1.30. The normalized spacial score (nSPS) is 14.2. The Bertz CT molecular complexity index is 1110. The van der Waals surface area contributed by atoms with Crippen LogP contribution < -0.4 is 10.6 Å². The van der Waals surface area contributed by atoms with Crippen LogP contribution in [-0.4, -0.2) is 32.6 Å². The van der Waals surface area contributed by atoms with E-state index in [0.717, 1.165) is 38.1 Å². The topological polar surface area (TPSA) is 88.9 Å². The molecule has 2 heterocycles. The lowest BCUT2D eigenvalue weighted by atomic mass is 10.1. The summed E-state index contributed by atoms with van der Waals surface area (Å²) < 4.78 is 16.5. The maximum atomic E-state index is 14.4. The summed E-state index contributed by atoms with van der Waals surface area (Å²) in [6.45, 7) is 2.56. The summed E-state index contributed by atoms with van der Waals surface area (Å²) in [7, 11) is 0. The number of benzene rings is 2. The van der Waals surface area contributed by atoms with Crippen molar-refractivity contribution in [1.29, 1.82) is 0 Å². The number of hydrogen-bond acceptors (Lipinski definition) is 4. The molecule has 1 unspecified atom stereocenters. The Morgan fingerprint density at radius 3 is 2.72 bits per heavy atom. The Labute approximate surface area is 186 Å². The molecule has 1 atom stereocenters. The molecule has 166 valence electrons. The van der Waals surface area contributed by atoms with Crippen LogP contribution in [0.5, 0.6) is 0 Å². The predicted molar refractivity (Wildman–Crippen MR) is 120 cm³/mol. The van der Waals surface area contributed by atoms with Crippen molar-refractivity contribution in [2.24, 2.45) is 0 Å². The Kier molecular flexibility index (Phi) is 6.58. The fraction of sp³-hybridized carbons (Fsp3) is 0.333. The molecule has 2 N–H and O–H groups in total. The average molecular weight is 436 g/mol. The molecule has 0 bridgehead atoms. The number of rotatable bonds is 6. The molecule has 2 aromatic carbocycles. The van der Waals surface area contributed by atoms with Gasteiger partial charge in [0.2, 0.25) is 5.91 Å². The number of anilines is 1. The molecule has 1 aliphatic heterocycles. The van der Waals surface area contributed by atoms with E-state index in [-0.39, 0.29) is 23.9 Å². The quantitative estimate of drug-likeness (QED) is 0.613. The van der Waals surface area contributed by atoms with E-state index in [1.54, 1.807) is 43.3 Å². The molecule has 8 heteroatoms. The molecule has 32 heavy (non-hydrogen) atoms. The van der Waals surface area contributed by atoms with E-state index in [1.807, 2.05) is 6.07 Å². The zero-order valence-corrected chi connectivity index (χ0v) is 18.0. The fourth-order valence-corrected chi connectivity index (χ4v) is 3.89. The summed E-state index contributed by atoms with van der Waals surface area (Å²) in [5.74, 6) is 0.448. The minimum atomic E-state index is -0.529. The summed E-state index contributed by atoms with van der Waals surface area (Å²) in [4.78, 5) is 24.8. The highest BCUT2D eigenvalue weighted by atomic mass is 19.1. The lowest BCUT2D eigenvalue weighted by molar-refractivity contribution is -0.116. The van der Waals surface area contributed by atoms with Gasteiger partial charge in [0.15, 0.2) is 5.82 Å². The van der Waals surface area contributed by atoms with Crippen molar-refractivity contribution in [3.8, 4) is 11.4 Å². The molecule has 1 aromatic heterocycles. The summed E-state index contributed by atoms with van der Waals surface area (Å²) >= 11 is 0. The number of aromatic nitrogens is 3. The van der Waals surface area contributed by atoms with E-state index >= 15 is 0 Å². The SMILES string of the molecule is CC(CC(=O)Nc1cc(-c2nnc3n2CCCCC3)ccc1F)NC(=O)c1ccccc1. The molecular weight excluding hydrogens is 409 g/mol. The van der Waals surface area contributed by atoms with Crippen molar-refractivity contribution in [2.75, 3.05) is 5.32 Å². The van der Waals surface area contributed by atoms with Crippen molar-refractivity contribution in [3.05, 3.63) is 65.7 Å². The van der Waals surface area contributed by atoms with Crippen molar-refractivity contribution >= 4 is 17.5 Å². The second-order valence-electron chi connectivity index (χ2n) is 8.09. The van der Waals surface area contributed by atoms with E-state index < -0.39 is 11.9 Å². The van der Waals surface area contributed by atoms with Crippen LogP contribution in [-0.2, 0) is 17.8 Å². The van der Waals surface area contributed by atoms with Crippen molar-refractivity contribution in [2.45, 2.75) is 51.6 Å². The number of nitrogens with zero attached hydrogens (tertiary/aromatic N) is 3. The van der Waals surface area contributed by atoms with Crippen LogP contribution in [0.15, 0.2) is 48.5 Å². The highest BCUT2D eigenvalue weighted by molar-refractivity contribution is 5.95. The van der Waals surface area contributed by atoms with Gasteiger partial charge in [0, 0.05) is 36.6 Å². The third-order valence-corrected chi connectivity index (χ3v) is 5.51. The number of aryl methyl sites for hydroxylation is 1. The molecule has 0 saturated heterocycles. The molecule has 3 aromatic rings. The number of fused-ring (bicyclic) bond motifs is 1. The van der Waals surface area contributed by atoms with E-state index in [9.17, 15) is 14.0 Å². The summed E-state index contributed by atoms with van der Waals surface area (Å²) in [6.07, 6.45) is 4.18. The molecule has 2 amide bonds. The minimum Gasteiger partial charge on any atom is -0.349 e. The van der Waals surface area contributed by atoms with Gasteiger partial charge in [0.1, 0.15) is 11.6 Å². The predicted octanol–water partition coefficient (Wildman–Crippen LogP) is 3.96. The van der Waals surface area contributed by atoms with Crippen LogP contribution in [0.4, 0.5) is 10.1 Å². The molecule has 0 spiro atoms. The zero-order valence-electron chi connectivity index (χ0n) is 18.0. The number of carbonyl (C=O) groups excluding carboxylic acids is 2. The van der Waals surface area contributed by atoms with Crippen LogP contribution in [0.25, 0.3) is 11.4 Å². The first kappa shape index (κ1) is 21.7. The summed E-state index contributed by atoms with van der Waals surface area (Å²) in [6, 6.07) is 12.9. The third-order valence-electron chi connectivity index (χ3n) is 5.51. The van der Waals surface area contributed by atoms with Crippen LogP contribution in [0.3, 0.4) is 0 Å². The molecule has 0 saturated carbocycles. The lowest BCUT2D eigenvalue weighted by Crippen LogP contribution is -2.35. The Hall–Kier alpha value is -3.55. The monoisotopic (exact) mass is 435 g/mol. The maximum Gasteiger partial charge on any atom is 0.251 e. The van der Waals surface area contributed by atoms with Crippen molar-refractivity contribution in [3.63, 3.8) is 0 Å². The lowest BCUT2D eigenvalue weighted by Gasteiger charge is -2.15. The second kappa shape index (κ2) is 9.72. The molecular formula is C24H26FN5O2. The van der Waals surface area contributed by atoms with Crippen LogP contribution in [0.1, 0.15) is 48.8 Å². The van der Waals surface area contributed by atoms with E-state index in [0.29, 0.717) is 17.0 Å². The number of carbonyl (C=O) groups is 2. The van der Waals surface area contributed by atoms with Crippen molar-refractivity contribution < 1.29 is 14.0 Å². The van der Waals surface area contributed by atoms with E-state index in [4.69, 9.17) is 0 Å². The zero-order chi connectivity index (χ0) is 22.5. The van der Waals surface area contributed by atoms with Gasteiger partial charge in [-0.25, -0.2) is 4.39 Å². The molecule has 0 radical (unpaired) electrons. The Balaban J connectivity index is 1.42. The molecule has 0 aliphatic carbocycles. The van der Waals surface area contributed by atoms with Gasteiger partial charge in [-0.2, -0.15) is 0 Å². The molecule has 4 rings (SSSR count). The number of hydrogen-bond donors (Lipinski definition) is 2. The Morgan fingerprint density at radius 2 is 1.91 bits per heavy atom. The fourth-order valence-electron chi connectivity index (χ4n) is 3.89. The minimum absolute atomic E-state index is 0.0164. The standard InChI is InChI=1S/C24H26FN5O2/c1-16(26-24(32)17-8-4-2-5-9-17)14-22(31)27-20-15-18(11-12-19(20)25)23-29-28-21-10-6-3-7-13-30(21)23/h2,4-5,8-9,11-12,15-16H,3,6-7,10,13-14H2,1H3,(H,26,32)(H,27,31). The number of nitrogens with one attached hydrogen (secondary N) is 2. The van der Waals surface area contributed by atoms with Crippen LogP contribution in [0.2, 0.25) is 0 Å². The van der Waals surface area contributed by atoms with Gasteiger partial charge in [-0.05, 0) is 50.1 Å². The van der Waals surface area contributed by atoms with Gasteiger partial charge in [-0.1, -0.05) is 24.6 Å². The van der Waals surface area contributed by atoms with E-state index in [1.165, 1.54) is 6.07 Å². The largest absolute Gasteiger partial charge is 0.349 e. The first-order valence-corrected chi connectivity index (χ1v) is 10.9. The smallest absolute Gasteiger partial charge is 0.251 e. The van der Waals surface area contributed by atoms with Gasteiger partial charge in [-0.15, -0.1) is 10.2 Å². The van der Waals surface area contributed by atoms with Gasteiger partial charge >= 0.3 is 0 Å². The van der Waals surface area contributed by atoms with Crippen LogP contribution >= 0.6 is 0 Å². The average Bonchev–Trinajstić information content (AvgIpc) is 3.03. The first-order chi connectivity index (χ1) is 15.5. The number of amides is 2. The highest BCUT2D eigenvalue weighted by Crippen LogP contribution is 2.26. The third kappa shape index (κ3) is 5.01. The van der Waals surface area contributed by atoms with Crippen LogP contribution in [0, 0.1) is 5.82 Å². The molecule has 7 nitrogen and oxygen atoms in total. The second-order valence-corrected chi connectivity index (χ2v) is 8.09. The van der Waals surface area contributed by atoms with Gasteiger partial charge < -0.3 is 15.2 Å². The number of halogens is 1. The maximum absolute atomic E-state index is 14.4. The van der Waals surface area contributed by atoms with Gasteiger partial charge in [-0.3, -0.25) is 9.59 Å². The Morgan fingerprint density at radius 1 is 1.09 bits per heavy atom. The van der Waals surface area contributed by atoms with Gasteiger partial charge in [0.05, 0.1) is 5.69 Å². The highest BCUT2D eigenvalue weighted by Gasteiger charge is 2.19. The summed E-state index contributed by atoms with van der Waals surface area (Å²) in [5, 5.41) is 14.0. The van der Waals surface area contributed by atoms with Crippen molar-refractivity contribution in [1.82, 2.24) is 20.1 Å². The molecule has 0 fully saturated rings. The molecule has 1 aliphatic rings. The first-order valence-electron chi connectivity index (χ1n) is 10.9. The van der Waals surface area contributed by atoms with E-state index in [2.05, 4.69) is 25.4 Å².